The number of carbonyl (C=O) groups excluding carboxylic acids is 4. The highest BCUT2D eigenvalue weighted by atomic mass is 16.7. The Hall–Kier alpha value is -3.14. The van der Waals surface area contributed by atoms with Gasteiger partial charge in [0.2, 0.25) is 0 Å². The fourth-order valence-corrected chi connectivity index (χ4v) is 6.25. The molecule has 0 aromatic rings. The minimum Gasteiger partial charge on any atom is -0.462 e. The number of esters is 3. The first-order valence-corrected chi connectivity index (χ1v) is 23.1. The van der Waals surface area contributed by atoms with E-state index in [4.69, 9.17) is 23.7 Å². The fraction of sp³-hybridized carbons (Fsp3) is 0.792. The smallest absolute Gasteiger partial charge is 0.462 e. The number of rotatable bonds is 40. The molecule has 0 rings (SSSR count). The Morgan fingerprint density at radius 2 is 1.00 bits per heavy atom. The largest absolute Gasteiger partial charge is 0.508 e. The second kappa shape index (κ2) is 42.0. The van der Waals surface area contributed by atoms with Crippen molar-refractivity contribution in [3.63, 3.8) is 0 Å². The zero-order valence-corrected chi connectivity index (χ0v) is 37.7. The Kier molecular flexibility index (Phi) is 39.7. The molecule has 0 heterocycles. The van der Waals surface area contributed by atoms with Crippen LogP contribution >= 0.6 is 0 Å². The van der Waals surface area contributed by atoms with Crippen LogP contribution in [0, 0.1) is 0 Å². The lowest BCUT2D eigenvalue weighted by atomic mass is 10.1. The number of ether oxygens (including phenoxy) is 5. The summed E-state index contributed by atoms with van der Waals surface area (Å²) >= 11 is 0. The summed E-state index contributed by atoms with van der Waals surface area (Å²) in [6.45, 7) is 7.11. The quantitative estimate of drug-likeness (QED) is 0.0256. The summed E-state index contributed by atoms with van der Waals surface area (Å²) in [5.41, 5.74) is 0. The van der Waals surface area contributed by atoms with Crippen LogP contribution in [0.3, 0.4) is 0 Å². The van der Waals surface area contributed by atoms with Crippen molar-refractivity contribution in [2.75, 3.05) is 40.5 Å². The Balaban J connectivity index is 4.80. The maximum Gasteiger partial charge on any atom is 0.508 e. The molecule has 0 amide bonds. The van der Waals surface area contributed by atoms with Gasteiger partial charge in [0.15, 0.2) is 6.10 Å². The maximum absolute atomic E-state index is 13.0. The van der Waals surface area contributed by atoms with Crippen molar-refractivity contribution in [2.45, 2.75) is 206 Å². The average molecular weight is 820 g/mol. The average Bonchev–Trinajstić information content (AvgIpc) is 3.19. The van der Waals surface area contributed by atoms with Crippen LogP contribution < -0.4 is 0 Å². The van der Waals surface area contributed by atoms with Gasteiger partial charge in [0.1, 0.15) is 19.3 Å². The lowest BCUT2D eigenvalue weighted by molar-refractivity contribution is -0.167. The first kappa shape index (κ1) is 54.9. The molecule has 0 spiro atoms. The summed E-state index contributed by atoms with van der Waals surface area (Å²) in [6, 6.07) is 0. The minimum atomic E-state index is -0.898. The molecule has 0 N–H and O–H groups in total. The number of nitrogens with zero attached hydrogens (tertiary/aromatic N) is 1. The molecule has 0 aliphatic heterocycles. The Morgan fingerprint density at radius 3 is 1.57 bits per heavy atom. The molecule has 0 radical (unpaired) electrons. The topological polar surface area (TPSA) is 118 Å². The Morgan fingerprint density at radius 1 is 0.500 bits per heavy atom. The first-order chi connectivity index (χ1) is 28.2. The Labute approximate surface area is 354 Å². The SMILES string of the molecule is C/C=C\CCCCCCCC(=O)OCC(COC(=O)CCCCCCC/C=C\C/C=C\CCCCC)OC(=O)CCCC(CCCCC)OC(=O)OCCCN(C)C. The first-order valence-electron chi connectivity index (χ1n) is 23.1. The third-order valence-electron chi connectivity index (χ3n) is 9.75. The van der Waals surface area contributed by atoms with E-state index >= 15 is 0 Å². The lowest BCUT2D eigenvalue weighted by Crippen LogP contribution is -2.31. The van der Waals surface area contributed by atoms with Gasteiger partial charge in [-0.2, -0.15) is 0 Å². The van der Waals surface area contributed by atoms with E-state index in [9.17, 15) is 19.2 Å². The van der Waals surface area contributed by atoms with Gasteiger partial charge in [-0.05, 0) is 111 Å². The van der Waals surface area contributed by atoms with Gasteiger partial charge in [-0.15, -0.1) is 0 Å². The third kappa shape index (κ3) is 39.7. The highest BCUT2D eigenvalue weighted by Crippen LogP contribution is 2.16. The molecule has 0 fully saturated rings. The van der Waals surface area contributed by atoms with Gasteiger partial charge in [0.05, 0.1) is 6.61 Å². The van der Waals surface area contributed by atoms with E-state index < -0.39 is 18.2 Å². The van der Waals surface area contributed by atoms with Crippen molar-refractivity contribution in [2.24, 2.45) is 0 Å². The number of hydrogen-bond acceptors (Lipinski definition) is 10. The summed E-state index contributed by atoms with van der Waals surface area (Å²) in [5, 5.41) is 0. The van der Waals surface area contributed by atoms with Crippen LogP contribution in [0.2, 0.25) is 0 Å². The lowest BCUT2D eigenvalue weighted by Gasteiger charge is -2.19. The van der Waals surface area contributed by atoms with Crippen molar-refractivity contribution in [3.05, 3.63) is 36.5 Å². The zero-order chi connectivity index (χ0) is 42.7. The van der Waals surface area contributed by atoms with Crippen LogP contribution in [0.25, 0.3) is 0 Å². The van der Waals surface area contributed by atoms with Gasteiger partial charge in [0, 0.05) is 25.8 Å². The molecule has 0 aliphatic carbocycles. The van der Waals surface area contributed by atoms with Gasteiger partial charge in [-0.3, -0.25) is 14.4 Å². The maximum atomic E-state index is 13.0. The minimum absolute atomic E-state index is 0.0872. The van der Waals surface area contributed by atoms with Crippen LogP contribution in [-0.4, -0.2) is 81.6 Å². The molecule has 2 atom stereocenters. The standard InChI is InChI=1S/C48H85NO9/c1-6-9-12-14-16-18-19-20-21-22-23-24-26-28-31-37-46(51)56-42-44(41-55-45(50)36-30-27-25-17-15-13-10-7-2)57-47(52)38-32-35-43(34-29-11-8-3)58-48(53)54-40-33-39-49(4)5/h7,10,16,18,20-21,43-44H,6,8-9,11-15,17,19,22-42H2,1-5H3/b10-7-,18-16-,21-20-. The van der Waals surface area contributed by atoms with E-state index in [0.29, 0.717) is 32.1 Å². The van der Waals surface area contributed by atoms with E-state index in [1.54, 1.807) is 0 Å². The summed E-state index contributed by atoms with van der Waals surface area (Å²) in [7, 11) is 3.93. The molecular weight excluding hydrogens is 735 g/mol. The molecule has 2 unspecified atom stereocenters. The second-order valence-corrected chi connectivity index (χ2v) is 15.7. The summed E-state index contributed by atoms with van der Waals surface area (Å²) in [5.74, 6) is -1.19. The van der Waals surface area contributed by atoms with E-state index in [1.807, 2.05) is 25.9 Å². The van der Waals surface area contributed by atoms with Crippen LogP contribution in [-0.2, 0) is 38.1 Å². The van der Waals surface area contributed by atoms with Crippen molar-refractivity contribution in [3.8, 4) is 0 Å². The molecule has 0 aromatic carbocycles. The van der Waals surface area contributed by atoms with E-state index in [2.05, 4.69) is 50.3 Å². The summed E-state index contributed by atoms with van der Waals surface area (Å²) < 4.78 is 27.5. The molecule has 0 saturated heterocycles. The number of allylic oxidation sites excluding steroid dienone is 6. The molecule has 336 valence electrons. The monoisotopic (exact) mass is 820 g/mol. The van der Waals surface area contributed by atoms with Crippen molar-refractivity contribution < 1.29 is 42.9 Å². The number of carbonyl (C=O) groups is 4. The highest BCUT2D eigenvalue weighted by molar-refractivity contribution is 5.71. The van der Waals surface area contributed by atoms with E-state index in [0.717, 1.165) is 109 Å². The predicted octanol–water partition coefficient (Wildman–Crippen LogP) is 12.3. The second-order valence-electron chi connectivity index (χ2n) is 15.7. The van der Waals surface area contributed by atoms with Gasteiger partial charge >= 0.3 is 24.1 Å². The van der Waals surface area contributed by atoms with Crippen molar-refractivity contribution >= 4 is 24.1 Å². The zero-order valence-electron chi connectivity index (χ0n) is 37.7. The predicted molar refractivity (Wildman–Crippen MR) is 236 cm³/mol. The van der Waals surface area contributed by atoms with Gasteiger partial charge in [-0.1, -0.05) is 115 Å². The third-order valence-corrected chi connectivity index (χ3v) is 9.75. The number of unbranched alkanes of at least 4 members (excludes halogenated alkanes) is 15. The molecule has 0 saturated carbocycles. The van der Waals surface area contributed by atoms with Crippen LogP contribution in [0.5, 0.6) is 0 Å². The summed E-state index contributed by atoms with van der Waals surface area (Å²) in [4.78, 5) is 52.4. The molecule has 0 bridgehead atoms. The van der Waals surface area contributed by atoms with E-state index in [1.165, 1.54) is 25.7 Å². The highest BCUT2D eigenvalue weighted by Gasteiger charge is 2.21. The number of hydrogen-bond donors (Lipinski definition) is 0. The molecule has 10 nitrogen and oxygen atoms in total. The normalized spacial score (nSPS) is 12.7. The molecule has 10 heteroatoms. The molecule has 0 aliphatic rings. The van der Waals surface area contributed by atoms with Gasteiger partial charge in [0.25, 0.3) is 0 Å². The fourth-order valence-electron chi connectivity index (χ4n) is 6.25. The van der Waals surface area contributed by atoms with Crippen LogP contribution in [0.1, 0.15) is 194 Å². The molecule has 58 heavy (non-hydrogen) atoms. The van der Waals surface area contributed by atoms with Crippen molar-refractivity contribution in [1.82, 2.24) is 4.90 Å². The van der Waals surface area contributed by atoms with E-state index in [-0.39, 0.29) is 50.7 Å². The Bertz CT molecular complexity index is 1090. The van der Waals surface area contributed by atoms with Crippen LogP contribution in [0.4, 0.5) is 4.79 Å². The van der Waals surface area contributed by atoms with Gasteiger partial charge in [-0.25, -0.2) is 4.79 Å². The van der Waals surface area contributed by atoms with Gasteiger partial charge < -0.3 is 28.6 Å². The molecule has 0 aromatic heterocycles. The van der Waals surface area contributed by atoms with Crippen molar-refractivity contribution in [1.29, 1.82) is 0 Å². The molecular formula is C48H85NO9. The van der Waals surface area contributed by atoms with Crippen LogP contribution in [0.15, 0.2) is 36.5 Å². The summed E-state index contributed by atoms with van der Waals surface area (Å²) in [6.07, 6.45) is 35.5.